The number of amides is 1. The van der Waals surface area contributed by atoms with Crippen LogP contribution in [0.15, 0.2) is 4.99 Å². The Kier molecular flexibility index (Phi) is 10.7. The minimum Gasteiger partial charge on any atom is -0.450 e. The van der Waals surface area contributed by atoms with E-state index in [9.17, 15) is 4.79 Å². The van der Waals surface area contributed by atoms with E-state index in [1.165, 1.54) is 18.6 Å². The third-order valence-electron chi connectivity index (χ3n) is 3.69. The van der Waals surface area contributed by atoms with Gasteiger partial charge in [0.25, 0.3) is 0 Å². The van der Waals surface area contributed by atoms with Gasteiger partial charge in [-0.25, -0.2) is 4.79 Å². The molecular weight excluding hydrogens is 324 g/mol. The number of carbonyl (C=O) groups is 1. The maximum Gasteiger partial charge on any atom is 0.407 e. The molecule has 0 bridgehead atoms. The lowest BCUT2D eigenvalue weighted by molar-refractivity contribution is 0.147. The number of alkyl carbamates (subject to hydrolysis) is 1. The Morgan fingerprint density at radius 1 is 1.33 bits per heavy atom. The van der Waals surface area contributed by atoms with E-state index in [0.717, 1.165) is 25.5 Å². The fourth-order valence-electron chi connectivity index (χ4n) is 2.65. The monoisotopic (exact) mass is 358 g/mol. The van der Waals surface area contributed by atoms with Crippen LogP contribution in [0.3, 0.4) is 0 Å². The van der Waals surface area contributed by atoms with E-state index in [1.807, 2.05) is 18.7 Å². The Labute approximate surface area is 151 Å². The molecular formula is C17H34N4O2S. The number of ether oxygens (including phenoxy) is 1. The van der Waals surface area contributed by atoms with Crippen LogP contribution in [0.2, 0.25) is 0 Å². The summed E-state index contributed by atoms with van der Waals surface area (Å²) in [6.45, 7) is 10.8. The Balaban J connectivity index is 2.53. The van der Waals surface area contributed by atoms with Gasteiger partial charge in [0.05, 0.1) is 19.2 Å². The first kappa shape index (κ1) is 20.9. The quantitative estimate of drug-likeness (QED) is 0.436. The van der Waals surface area contributed by atoms with Crippen molar-refractivity contribution in [1.82, 2.24) is 16.0 Å². The molecule has 1 aliphatic rings. The molecule has 1 rings (SSSR count). The van der Waals surface area contributed by atoms with Gasteiger partial charge >= 0.3 is 6.09 Å². The third-order valence-corrected chi connectivity index (χ3v) is 5.09. The van der Waals surface area contributed by atoms with Crippen molar-refractivity contribution >= 4 is 23.8 Å². The lowest BCUT2D eigenvalue weighted by Gasteiger charge is -2.20. The van der Waals surface area contributed by atoms with Gasteiger partial charge in [-0.05, 0) is 44.8 Å². The molecule has 0 aromatic carbocycles. The first-order valence-electron chi connectivity index (χ1n) is 9.12. The molecule has 2 unspecified atom stereocenters. The van der Waals surface area contributed by atoms with Crippen LogP contribution in [0.1, 0.15) is 47.0 Å². The highest BCUT2D eigenvalue weighted by Crippen LogP contribution is 2.25. The molecule has 6 nitrogen and oxygen atoms in total. The van der Waals surface area contributed by atoms with E-state index >= 15 is 0 Å². The Hall–Kier alpha value is -1.11. The van der Waals surface area contributed by atoms with Crippen molar-refractivity contribution in [3.63, 3.8) is 0 Å². The fourth-order valence-corrected chi connectivity index (χ4v) is 3.85. The standard InChI is InChI=1S/C17H34N4O2S/c1-5-18-16(20-12-15-8-7-9-24-15)19-11-14(10-13(3)4)21-17(22)23-6-2/h13-15H,5-12H2,1-4H3,(H,21,22)(H2,18,19,20). The second-order valence-electron chi connectivity index (χ2n) is 6.43. The smallest absolute Gasteiger partial charge is 0.407 e. The van der Waals surface area contributed by atoms with E-state index < -0.39 is 0 Å². The Bertz CT molecular complexity index is 385. The van der Waals surface area contributed by atoms with Crippen LogP contribution in [0.5, 0.6) is 0 Å². The molecule has 1 amide bonds. The zero-order valence-corrected chi connectivity index (χ0v) is 16.4. The normalized spacial score (nSPS) is 19.2. The first-order valence-corrected chi connectivity index (χ1v) is 10.2. The van der Waals surface area contributed by atoms with E-state index in [0.29, 0.717) is 24.3 Å². The molecule has 0 saturated carbocycles. The summed E-state index contributed by atoms with van der Waals surface area (Å²) in [5, 5.41) is 10.3. The molecule has 1 saturated heterocycles. The number of nitrogens with zero attached hydrogens (tertiary/aromatic N) is 1. The summed E-state index contributed by atoms with van der Waals surface area (Å²) in [5.41, 5.74) is 0. The summed E-state index contributed by atoms with van der Waals surface area (Å²) in [7, 11) is 0. The van der Waals surface area contributed by atoms with Crippen LogP contribution < -0.4 is 16.0 Å². The molecule has 0 aliphatic carbocycles. The van der Waals surface area contributed by atoms with E-state index in [1.54, 1.807) is 0 Å². The van der Waals surface area contributed by atoms with Gasteiger partial charge in [-0.3, -0.25) is 4.99 Å². The highest BCUT2D eigenvalue weighted by atomic mass is 32.2. The number of carbonyl (C=O) groups excluding carboxylic acids is 1. The lowest BCUT2D eigenvalue weighted by atomic mass is 10.0. The van der Waals surface area contributed by atoms with Gasteiger partial charge < -0.3 is 20.7 Å². The highest BCUT2D eigenvalue weighted by Gasteiger charge is 2.17. The second-order valence-corrected chi connectivity index (χ2v) is 7.84. The van der Waals surface area contributed by atoms with Crippen LogP contribution in [0.4, 0.5) is 4.79 Å². The van der Waals surface area contributed by atoms with Gasteiger partial charge in [0, 0.05) is 18.3 Å². The summed E-state index contributed by atoms with van der Waals surface area (Å²) >= 11 is 2.03. The van der Waals surface area contributed by atoms with Gasteiger partial charge in [-0.15, -0.1) is 0 Å². The molecule has 2 atom stereocenters. The van der Waals surface area contributed by atoms with Crippen molar-refractivity contribution in [2.75, 3.05) is 32.0 Å². The van der Waals surface area contributed by atoms with Crippen molar-refractivity contribution in [3.05, 3.63) is 0 Å². The molecule has 0 spiro atoms. The fraction of sp³-hybridized carbons (Fsp3) is 0.882. The van der Waals surface area contributed by atoms with Crippen LogP contribution >= 0.6 is 11.8 Å². The predicted octanol–water partition coefficient (Wildman–Crippen LogP) is 2.60. The highest BCUT2D eigenvalue weighted by molar-refractivity contribution is 8.00. The average Bonchev–Trinajstić information content (AvgIpc) is 3.03. The average molecular weight is 359 g/mol. The third kappa shape index (κ3) is 9.25. The van der Waals surface area contributed by atoms with Crippen molar-refractivity contribution in [2.45, 2.75) is 58.2 Å². The van der Waals surface area contributed by atoms with Gasteiger partial charge in [-0.2, -0.15) is 11.8 Å². The molecule has 0 radical (unpaired) electrons. The molecule has 1 aliphatic heterocycles. The van der Waals surface area contributed by atoms with Crippen molar-refractivity contribution < 1.29 is 9.53 Å². The van der Waals surface area contributed by atoms with Crippen molar-refractivity contribution in [2.24, 2.45) is 10.9 Å². The molecule has 0 aromatic heterocycles. The number of rotatable bonds is 9. The number of nitrogens with one attached hydrogen (secondary N) is 3. The zero-order valence-electron chi connectivity index (χ0n) is 15.6. The Morgan fingerprint density at radius 3 is 2.71 bits per heavy atom. The minimum absolute atomic E-state index is 0.0136. The largest absolute Gasteiger partial charge is 0.450 e. The summed E-state index contributed by atoms with van der Waals surface area (Å²) in [5.74, 6) is 2.57. The maximum absolute atomic E-state index is 11.7. The minimum atomic E-state index is -0.362. The molecule has 0 aromatic rings. The van der Waals surface area contributed by atoms with Gasteiger partial charge in [0.2, 0.25) is 0 Å². The van der Waals surface area contributed by atoms with Gasteiger partial charge in [0.1, 0.15) is 0 Å². The topological polar surface area (TPSA) is 74.8 Å². The van der Waals surface area contributed by atoms with Crippen LogP contribution in [-0.2, 0) is 4.74 Å². The molecule has 1 fully saturated rings. The summed E-state index contributed by atoms with van der Waals surface area (Å²) < 4.78 is 4.99. The van der Waals surface area contributed by atoms with Crippen LogP contribution in [0, 0.1) is 5.92 Å². The zero-order chi connectivity index (χ0) is 17.8. The number of thioether (sulfide) groups is 1. The van der Waals surface area contributed by atoms with Crippen LogP contribution in [-0.4, -0.2) is 55.3 Å². The molecule has 3 N–H and O–H groups in total. The van der Waals surface area contributed by atoms with Crippen LogP contribution in [0.25, 0.3) is 0 Å². The van der Waals surface area contributed by atoms with Crippen molar-refractivity contribution in [3.8, 4) is 0 Å². The summed E-state index contributed by atoms with van der Waals surface area (Å²) in [4.78, 5) is 16.3. The number of aliphatic imine (C=N–C) groups is 1. The SMILES string of the molecule is CCNC(=NCC(CC(C)C)NC(=O)OCC)NCC1CCCS1. The second kappa shape index (κ2) is 12.3. The number of hydrogen-bond donors (Lipinski definition) is 3. The first-order chi connectivity index (χ1) is 11.5. The maximum atomic E-state index is 11.7. The lowest BCUT2D eigenvalue weighted by Crippen LogP contribution is -2.43. The van der Waals surface area contributed by atoms with Gasteiger partial charge in [0.15, 0.2) is 5.96 Å². The number of guanidine groups is 1. The molecule has 1 heterocycles. The van der Waals surface area contributed by atoms with E-state index in [2.05, 4.69) is 41.7 Å². The number of hydrogen-bond acceptors (Lipinski definition) is 4. The van der Waals surface area contributed by atoms with E-state index in [-0.39, 0.29) is 12.1 Å². The van der Waals surface area contributed by atoms with Gasteiger partial charge in [-0.1, -0.05) is 13.8 Å². The molecule has 24 heavy (non-hydrogen) atoms. The van der Waals surface area contributed by atoms with Crippen molar-refractivity contribution in [1.29, 1.82) is 0 Å². The summed E-state index contributed by atoms with van der Waals surface area (Å²) in [6.07, 6.45) is 3.10. The van der Waals surface area contributed by atoms with E-state index in [4.69, 9.17) is 4.74 Å². The Morgan fingerprint density at radius 2 is 2.12 bits per heavy atom. The predicted molar refractivity (Wildman–Crippen MR) is 103 cm³/mol. The molecule has 140 valence electrons. The molecule has 7 heteroatoms. The summed E-state index contributed by atoms with van der Waals surface area (Å²) in [6, 6.07) is -0.0136.